The van der Waals surface area contributed by atoms with E-state index < -0.39 is 9.84 Å². The van der Waals surface area contributed by atoms with Crippen molar-refractivity contribution in [2.45, 2.75) is 24.7 Å². The van der Waals surface area contributed by atoms with Crippen LogP contribution < -0.4 is 9.91 Å². The third-order valence-corrected chi connectivity index (χ3v) is 5.61. The van der Waals surface area contributed by atoms with Crippen LogP contribution in [0.4, 0.5) is 11.4 Å². The summed E-state index contributed by atoms with van der Waals surface area (Å²) in [5.74, 6) is -0.500. The molecule has 2 aromatic rings. The van der Waals surface area contributed by atoms with Crippen molar-refractivity contribution in [3.05, 3.63) is 54.1 Å². The van der Waals surface area contributed by atoms with Crippen LogP contribution in [0.25, 0.3) is 0 Å². The average Bonchev–Trinajstić information content (AvgIpc) is 2.66. The molecule has 8 heteroatoms. The van der Waals surface area contributed by atoms with Gasteiger partial charge in [-0.1, -0.05) is 12.1 Å². The fraction of sp³-hybridized carbons (Fsp3) is 0.250. The summed E-state index contributed by atoms with van der Waals surface area (Å²) >= 11 is 0. The quantitative estimate of drug-likeness (QED) is 0.791. The number of carbonyl (C=O) groups excluding carboxylic acids is 2. The highest BCUT2D eigenvalue weighted by molar-refractivity contribution is 7.90. The molecule has 0 radical (unpaired) electrons. The fourth-order valence-electron chi connectivity index (χ4n) is 2.90. The van der Waals surface area contributed by atoms with E-state index in [1.807, 2.05) is 25.1 Å². The van der Waals surface area contributed by atoms with E-state index >= 15 is 0 Å². The molecule has 0 atom stereocenters. The maximum Gasteiger partial charge on any atom is 0.274 e. The van der Waals surface area contributed by atoms with Crippen LogP contribution in [-0.2, 0) is 19.4 Å². The molecule has 146 valence electrons. The molecule has 0 bridgehead atoms. The van der Waals surface area contributed by atoms with Gasteiger partial charge in [0.25, 0.3) is 5.91 Å². The Morgan fingerprint density at radius 1 is 1.11 bits per heavy atom. The largest absolute Gasteiger partial charge is 0.310 e. The first-order valence-electron chi connectivity index (χ1n) is 8.72. The van der Waals surface area contributed by atoms with E-state index in [1.54, 1.807) is 25.2 Å². The third kappa shape index (κ3) is 4.12. The van der Waals surface area contributed by atoms with Gasteiger partial charge in [0, 0.05) is 31.8 Å². The maximum atomic E-state index is 12.9. The molecule has 0 fully saturated rings. The van der Waals surface area contributed by atoms with E-state index in [9.17, 15) is 18.0 Å². The number of hydrogen-bond donors (Lipinski definition) is 0. The van der Waals surface area contributed by atoms with Gasteiger partial charge in [-0.15, -0.1) is 0 Å². The summed E-state index contributed by atoms with van der Waals surface area (Å²) in [6.07, 6.45) is 1.58. The van der Waals surface area contributed by atoms with Gasteiger partial charge in [0.05, 0.1) is 10.6 Å². The monoisotopic (exact) mass is 399 g/mol. The number of anilines is 2. The minimum atomic E-state index is -3.30. The number of carbonyl (C=O) groups is 2. The molecule has 0 N–H and O–H groups in total. The summed E-state index contributed by atoms with van der Waals surface area (Å²) in [5.41, 5.74) is 2.42. The van der Waals surface area contributed by atoms with Gasteiger partial charge < -0.3 is 4.90 Å². The number of nitrogens with zero attached hydrogens (tertiary/aromatic N) is 3. The molecule has 0 aromatic heterocycles. The van der Waals surface area contributed by atoms with Crippen molar-refractivity contribution >= 4 is 38.7 Å². The Bertz CT molecular complexity index is 1060. The second-order valence-electron chi connectivity index (χ2n) is 6.72. The van der Waals surface area contributed by atoms with Crippen LogP contribution in [0.5, 0.6) is 0 Å². The van der Waals surface area contributed by atoms with Crippen molar-refractivity contribution in [3.63, 3.8) is 0 Å². The number of rotatable bonds is 4. The van der Waals surface area contributed by atoms with Crippen LogP contribution in [0, 0.1) is 6.92 Å². The van der Waals surface area contributed by atoms with Gasteiger partial charge in [-0.2, -0.15) is 5.10 Å². The molecule has 28 heavy (non-hydrogen) atoms. The molecule has 7 nitrogen and oxygen atoms in total. The molecule has 0 saturated carbocycles. The lowest BCUT2D eigenvalue weighted by Crippen LogP contribution is -2.40. The summed E-state index contributed by atoms with van der Waals surface area (Å²) in [4.78, 5) is 26.7. The number of sulfone groups is 1. The van der Waals surface area contributed by atoms with Crippen molar-refractivity contribution < 1.29 is 18.0 Å². The smallest absolute Gasteiger partial charge is 0.274 e. The SMILES string of the molecule is Cc1cccc(N2N=C(C(=O)N(C)c3ccc(S(C)(=O)=O)cc3)CCC2=O)c1. The highest BCUT2D eigenvalue weighted by Crippen LogP contribution is 2.23. The Labute approximate surface area is 164 Å². The van der Waals surface area contributed by atoms with Gasteiger partial charge in [0.15, 0.2) is 9.84 Å². The average molecular weight is 399 g/mol. The van der Waals surface area contributed by atoms with Crippen molar-refractivity contribution in [2.24, 2.45) is 5.10 Å². The van der Waals surface area contributed by atoms with E-state index in [4.69, 9.17) is 0 Å². The fourth-order valence-corrected chi connectivity index (χ4v) is 3.53. The van der Waals surface area contributed by atoms with E-state index in [0.717, 1.165) is 11.8 Å². The number of aryl methyl sites for hydroxylation is 1. The van der Waals surface area contributed by atoms with Crippen molar-refractivity contribution in [3.8, 4) is 0 Å². The van der Waals surface area contributed by atoms with Gasteiger partial charge >= 0.3 is 0 Å². The van der Waals surface area contributed by atoms with Gasteiger partial charge in [-0.3, -0.25) is 9.59 Å². The zero-order valence-corrected chi connectivity index (χ0v) is 16.7. The first kappa shape index (κ1) is 19.8. The predicted molar refractivity (Wildman–Crippen MR) is 108 cm³/mol. The highest BCUT2D eigenvalue weighted by Gasteiger charge is 2.27. The van der Waals surface area contributed by atoms with Crippen LogP contribution in [0.2, 0.25) is 0 Å². The number of hydrogen-bond acceptors (Lipinski definition) is 5. The molecule has 0 aliphatic carbocycles. The lowest BCUT2D eigenvalue weighted by molar-refractivity contribution is -0.118. The van der Waals surface area contributed by atoms with E-state index in [2.05, 4.69) is 5.10 Å². The third-order valence-electron chi connectivity index (χ3n) is 4.48. The number of benzene rings is 2. The van der Waals surface area contributed by atoms with Crippen LogP contribution in [-0.4, -0.2) is 39.2 Å². The van der Waals surface area contributed by atoms with E-state index in [0.29, 0.717) is 11.4 Å². The van der Waals surface area contributed by atoms with Gasteiger partial charge in [0.2, 0.25) is 5.91 Å². The molecule has 0 unspecified atom stereocenters. The van der Waals surface area contributed by atoms with Crippen molar-refractivity contribution in [1.82, 2.24) is 0 Å². The van der Waals surface area contributed by atoms with Crippen LogP contribution >= 0.6 is 0 Å². The zero-order valence-electron chi connectivity index (χ0n) is 15.9. The van der Waals surface area contributed by atoms with E-state index in [1.165, 1.54) is 22.0 Å². The summed E-state index contributed by atoms with van der Waals surface area (Å²) in [5, 5.41) is 5.56. The van der Waals surface area contributed by atoms with Gasteiger partial charge in [-0.25, -0.2) is 13.4 Å². The molecule has 1 aliphatic heterocycles. The van der Waals surface area contributed by atoms with Crippen molar-refractivity contribution in [2.75, 3.05) is 23.2 Å². The Morgan fingerprint density at radius 2 is 1.79 bits per heavy atom. The molecular formula is C20H21N3O4S. The van der Waals surface area contributed by atoms with Gasteiger partial charge in [0.1, 0.15) is 5.71 Å². The Morgan fingerprint density at radius 3 is 2.39 bits per heavy atom. The highest BCUT2D eigenvalue weighted by atomic mass is 32.2. The second kappa shape index (κ2) is 7.55. The van der Waals surface area contributed by atoms with Crippen molar-refractivity contribution in [1.29, 1.82) is 0 Å². The molecule has 3 rings (SSSR count). The first-order valence-corrected chi connectivity index (χ1v) is 10.6. The molecule has 2 aromatic carbocycles. The maximum absolute atomic E-state index is 12.9. The van der Waals surface area contributed by atoms with Crippen LogP contribution in [0.15, 0.2) is 58.5 Å². The Kier molecular flexibility index (Phi) is 5.33. The second-order valence-corrected chi connectivity index (χ2v) is 8.74. The minimum Gasteiger partial charge on any atom is -0.310 e. The van der Waals surface area contributed by atoms with Gasteiger partial charge in [-0.05, 0) is 48.9 Å². The Balaban J connectivity index is 1.86. The minimum absolute atomic E-state index is 0.165. The number of amides is 2. The standard InChI is InChI=1S/C20H21N3O4S/c1-14-5-4-6-16(13-14)23-19(24)12-11-18(21-23)20(25)22(2)15-7-9-17(10-8-15)28(3,26)27/h4-10,13H,11-12H2,1-3H3. The number of hydrazone groups is 1. The summed E-state index contributed by atoms with van der Waals surface area (Å²) in [6, 6.07) is 13.4. The van der Waals surface area contributed by atoms with Crippen LogP contribution in [0.3, 0.4) is 0 Å². The lowest BCUT2D eigenvalue weighted by Gasteiger charge is -2.25. The lowest BCUT2D eigenvalue weighted by atomic mass is 10.1. The molecule has 0 spiro atoms. The molecular weight excluding hydrogens is 378 g/mol. The molecule has 2 amide bonds. The summed E-state index contributed by atoms with van der Waals surface area (Å²) in [7, 11) is -1.71. The predicted octanol–water partition coefficient (Wildman–Crippen LogP) is 2.54. The zero-order chi connectivity index (χ0) is 20.5. The first-order chi connectivity index (χ1) is 13.2. The normalized spacial score (nSPS) is 14.6. The summed E-state index contributed by atoms with van der Waals surface area (Å²) < 4.78 is 23.2. The molecule has 1 heterocycles. The van der Waals surface area contributed by atoms with E-state index in [-0.39, 0.29) is 35.3 Å². The molecule has 0 saturated heterocycles. The Hall–Kier alpha value is -3.00. The summed E-state index contributed by atoms with van der Waals surface area (Å²) in [6.45, 7) is 1.92. The topological polar surface area (TPSA) is 87.1 Å². The molecule has 1 aliphatic rings. The van der Waals surface area contributed by atoms with Crippen LogP contribution in [0.1, 0.15) is 18.4 Å².